The molecule has 0 aliphatic rings. The zero-order valence-corrected chi connectivity index (χ0v) is 3.63. The van der Waals surface area contributed by atoms with Crippen LogP contribution in [0.15, 0.2) is 18.6 Å². The highest BCUT2D eigenvalue weighted by Gasteiger charge is 1.76. The molecule has 7 heavy (non-hydrogen) atoms. The molecule has 0 amide bonds. The molecule has 35 valence electrons. The van der Waals surface area contributed by atoms with Crippen LogP contribution in [0.25, 0.3) is 0 Å². The molecule has 0 saturated carbocycles. The SMILES string of the molecule is [NH]c1ccncn1. The van der Waals surface area contributed by atoms with Gasteiger partial charge in [-0.05, 0) is 0 Å². The summed E-state index contributed by atoms with van der Waals surface area (Å²) in [5.41, 5.74) is 6.84. The van der Waals surface area contributed by atoms with Gasteiger partial charge in [-0.1, -0.05) is 0 Å². The van der Waals surface area contributed by atoms with Gasteiger partial charge < -0.3 is 0 Å². The second kappa shape index (κ2) is 1.55. The van der Waals surface area contributed by atoms with Crippen LogP contribution in [0.4, 0.5) is 5.82 Å². The Morgan fingerprint density at radius 3 is 2.71 bits per heavy atom. The third kappa shape index (κ3) is 0.855. The maximum atomic E-state index is 6.84. The van der Waals surface area contributed by atoms with E-state index >= 15 is 0 Å². The van der Waals surface area contributed by atoms with Crippen LogP contribution in [-0.2, 0) is 0 Å². The summed E-state index contributed by atoms with van der Waals surface area (Å²) in [5.74, 6) is 0.259. The fraction of sp³-hybridized carbons (Fsp3) is 0. The molecule has 0 unspecified atom stereocenters. The molecule has 1 heterocycles. The third-order valence-corrected chi connectivity index (χ3v) is 0.582. The minimum Gasteiger partial charge on any atom is -0.283 e. The van der Waals surface area contributed by atoms with Crippen molar-refractivity contribution < 1.29 is 0 Å². The van der Waals surface area contributed by atoms with Crippen molar-refractivity contribution in [3.63, 3.8) is 0 Å². The molecular formula is C4H4N3. The van der Waals surface area contributed by atoms with Crippen LogP contribution in [0.2, 0.25) is 0 Å². The van der Waals surface area contributed by atoms with Crippen LogP contribution in [0, 0.1) is 0 Å². The van der Waals surface area contributed by atoms with Crippen molar-refractivity contribution in [1.29, 1.82) is 0 Å². The second-order valence-corrected chi connectivity index (χ2v) is 1.09. The molecule has 1 aromatic heterocycles. The zero-order chi connectivity index (χ0) is 5.11. The topological polar surface area (TPSA) is 49.6 Å². The number of nitrogens with zero attached hydrogens (tertiary/aromatic N) is 2. The summed E-state index contributed by atoms with van der Waals surface area (Å²) in [6.45, 7) is 0. The van der Waals surface area contributed by atoms with Gasteiger partial charge in [0.2, 0.25) is 0 Å². The van der Waals surface area contributed by atoms with Gasteiger partial charge in [0.15, 0.2) is 0 Å². The monoisotopic (exact) mass is 94.0 g/mol. The summed E-state index contributed by atoms with van der Waals surface area (Å²) < 4.78 is 0. The van der Waals surface area contributed by atoms with Crippen molar-refractivity contribution >= 4 is 5.82 Å². The van der Waals surface area contributed by atoms with Gasteiger partial charge in [0.05, 0.1) is 0 Å². The summed E-state index contributed by atoms with van der Waals surface area (Å²) in [5, 5.41) is 0. The fourth-order valence-electron chi connectivity index (χ4n) is 0.291. The lowest BCUT2D eigenvalue weighted by Gasteiger charge is -1.80. The Hall–Kier alpha value is -1.12. The van der Waals surface area contributed by atoms with E-state index in [0.717, 1.165) is 0 Å². The molecule has 0 saturated heterocycles. The van der Waals surface area contributed by atoms with E-state index < -0.39 is 0 Å². The van der Waals surface area contributed by atoms with Crippen LogP contribution >= 0.6 is 0 Å². The van der Waals surface area contributed by atoms with Gasteiger partial charge in [-0.25, -0.2) is 9.97 Å². The summed E-state index contributed by atoms with van der Waals surface area (Å²) in [7, 11) is 0. The highest BCUT2D eigenvalue weighted by atomic mass is 14.9. The Morgan fingerprint density at radius 1 is 1.57 bits per heavy atom. The van der Waals surface area contributed by atoms with Crippen LogP contribution in [0.3, 0.4) is 0 Å². The van der Waals surface area contributed by atoms with Crippen molar-refractivity contribution in [1.82, 2.24) is 15.7 Å². The summed E-state index contributed by atoms with van der Waals surface area (Å²) in [6, 6.07) is 1.53. The molecular weight excluding hydrogens is 90.1 g/mol. The lowest BCUT2D eigenvalue weighted by atomic mass is 10.6. The largest absolute Gasteiger partial charge is 0.283 e. The predicted molar refractivity (Wildman–Crippen MR) is 24.8 cm³/mol. The van der Waals surface area contributed by atoms with Gasteiger partial charge >= 0.3 is 0 Å². The molecule has 1 radical (unpaired) electrons. The van der Waals surface area contributed by atoms with Crippen LogP contribution < -0.4 is 5.73 Å². The van der Waals surface area contributed by atoms with Gasteiger partial charge in [0.1, 0.15) is 12.1 Å². The van der Waals surface area contributed by atoms with E-state index in [9.17, 15) is 0 Å². The molecule has 0 aromatic carbocycles. The van der Waals surface area contributed by atoms with E-state index in [4.69, 9.17) is 5.73 Å². The predicted octanol–water partition coefficient (Wildman–Crippen LogP) is 0.391. The minimum atomic E-state index is 0.259. The molecule has 0 spiro atoms. The van der Waals surface area contributed by atoms with Crippen LogP contribution in [-0.4, -0.2) is 9.97 Å². The van der Waals surface area contributed by atoms with E-state index in [2.05, 4.69) is 9.97 Å². The number of rotatable bonds is 0. The van der Waals surface area contributed by atoms with E-state index in [0.29, 0.717) is 0 Å². The maximum Gasteiger partial charge on any atom is 0.147 e. The van der Waals surface area contributed by atoms with Crippen molar-refractivity contribution in [3.8, 4) is 0 Å². The molecule has 0 atom stereocenters. The van der Waals surface area contributed by atoms with Gasteiger partial charge in [-0.3, -0.25) is 5.73 Å². The lowest BCUT2D eigenvalue weighted by Crippen LogP contribution is -1.75. The summed E-state index contributed by atoms with van der Waals surface area (Å²) >= 11 is 0. The smallest absolute Gasteiger partial charge is 0.147 e. The molecule has 0 bridgehead atoms. The molecule has 3 heteroatoms. The highest BCUT2D eigenvalue weighted by molar-refractivity contribution is 5.17. The van der Waals surface area contributed by atoms with Gasteiger partial charge in [0, 0.05) is 12.3 Å². The first-order chi connectivity index (χ1) is 3.39. The molecule has 3 nitrogen and oxygen atoms in total. The summed E-state index contributed by atoms with van der Waals surface area (Å²) in [4.78, 5) is 7.15. The van der Waals surface area contributed by atoms with Gasteiger partial charge in [-0.15, -0.1) is 0 Å². The van der Waals surface area contributed by atoms with Crippen molar-refractivity contribution in [2.75, 3.05) is 0 Å². The second-order valence-electron chi connectivity index (χ2n) is 1.09. The Balaban J connectivity index is 3.02. The Morgan fingerprint density at radius 2 is 2.43 bits per heavy atom. The normalized spacial score (nSPS) is 8.57. The first-order valence-corrected chi connectivity index (χ1v) is 1.87. The molecule has 0 fully saturated rings. The highest BCUT2D eigenvalue weighted by Crippen LogP contribution is 1.89. The van der Waals surface area contributed by atoms with Crippen molar-refractivity contribution in [2.45, 2.75) is 0 Å². The maximum absolute atomic E-state index is 6.84. The standard InChI is InChI=1S/C4H4N3/c5-4-1-2-6-3-7-4/h1-3,5H. The van der Waals surface area contributed by atoms with E-state index in [-0.39, 0.29) is 5.82 Å². The number of aromatic nitrogens is 2. The molecule has 0 aliphatic heterocycles. The Labute approximate surface area is 41.2 Å². The first-order valence-electron chi connectivity index (χ1n) is 1.87. The average molecular weight is 94.1 g/mol. The molecule has 1 N–H and O–H groups in total. The van der Waals surface area contributed by atoms with E-state index in [1.165, 1.54) is 18.6 Å². The van der Waals surface area contributed by atoms with Crippen molar-refractivity contribution in [2.24, 2.45) is 0 Å². The average Bonchev–Trinajstić information content (AvgIpc) is 1.69. The zero-order valence-electron chi connectivity index (χ0n) is 3.63. The Bertz CT molecular complexity index is 137. The van der Waals surface area contributed by atoms with Crippen LogP contribution in [0.1, 0.15) is 0 Å². The van der Waals surface area contributed by atoms with E-state index in [1.807, 2.05) is 0 Å². The molecule has 1 rings (SSSR count). The first kappa shape index (κ1) is 4.05. The quantitative estimate of drug-likeness (QED) is 0.467. The van der Waals surface area contributed by atoms with E-state index in [1.54, 1.807) is 0 Å². The fourth-order valence-corrected chi connectivity index (χ4v) is 0.291. The number of hydrogen-bond acceptors (Lipinski definition) is 2. The lowest BCUT2D eigenvalue weighted by molar-refractivity contribution is 1.14. The minimum absolute atomic E-state index is 0.259. The Kier molecular flexibility index (Phi) is 0.898. The number of hydrogen-bond donors (Lipinski definition) is 0. The van der Waals surface area contributed by atoms with Crippen molar-refractivity contribution in [3.05, 3.63) is 18.6 Å². The molecule has 1 aromatic rings. The van der Waals surface area contributed by atoms with Gasteiger partial charge in [-0.2, -0.15) is 0 Å². The van der Waals surface area contributed by atoms with Crippen LogP contribution in [0.5, 0.6) is 0 Å². The summed E-state index contributed by atoms with van der Waals surface area (Å²) in [6.07, 6.45) is 2.89. The third-order valence-electron chi connectivity index (χ3n) is 0.582. The molecule has 0 aliphatic carbocycles. The van der Waals surface area contributed by atoms with Gasteiger partial charge in [0.25, 0.3) is 0 Å². The number of nitrogens with one attached hydrogen (secondary N) is 1.